The van der Waals surface area contributed by atoms with Gasteiger partial charge >= 0.3 is 5.69 Å². The fourth-order valence-corrected chi connectivity index (χ4v) is 1.39. The third-order valence-corrected chi connectivity index (χ3v) is 2.28. The molecule has 16 heavy (non-hydrogen) atoms. The van der Waals surface area contributed by atoms with Crippen molar-refractivity contribution in [3.63, 3.8) is 0 Å². The van der Waals surface area contributed by atoms with Crippen molar-refractivity contribution in [3.05, 3.63) is 32.6 Å². The van der Waals surface area contributed by atoms with E-state index in [9.17, 15) is 9.59 Å². The molecule has 0 unspecified atom stereocenters. The minimum Gasteiger partial charge on any atom is -0.311 e. The molecule has 0 radical (unpaired) electrons. The van der Waals surface area contributed by atoms with Crippen LogP contribution in [0.5, 0.6) is 0 Å². The monoisotopic (exact) mass is 221 g/mol. The summed E-state index contributed by atoms with van der Waals surface area (Å²) in [4.78, 5) is 23.1. The number of aryl methyl sites for hydroxylation is 1. The lowest BCUT2D eigenvalue weighted by molar-refractivity contribution is 0.634. The Hall–Kier alpha value is -1.80. The van der Waals surface area contributed by atoms with Crippen LogP contribution in [0.25, 0.3) is 0 Å². The second-order valence-corrected chi connectivity index (χ2v) is 3.54. The second kappa shape index (κ2) is 5.33. The predicted octanol–water partition coefficient (Wildman–Crippen LogP) is -0.803. The molecule has 0 fully saturated rings. The Bertz CT molecular complexity index is 520. The largest absolute Gasteiger partial charge is 0.330 e. The maximum absolute atomic E-state index is 11.7. The number of hydrogen-bond acceptors (Lipinski definition) is 3. The molecule has 1 heterocycles. The van der Waals surface area contributed by atoms with E-state index in [2.05, 4.69) is 11.2 Å². The van der Waals surface area contributed by atoms with Crippen molar-refractivity contribution in [2.75, 3.05) is 6.54 Å². The van der Waals surface area contributed by atoms with E-state index < -0.39 is 0 Å². The van der Waals surface area contributed by atoms with Gasteiger partial charge in [0.05, 0.1) is 0 Å². The van der Waals surface area contributed by atoms with Crippen LogP contribution in [-0.2, 0) is 20.6 Å². The van der Waals surface area contributed by atoms with E-state index in [1.54, 1.807) is 13.2 Å². The van der Waals surface area contributed by atoms with Gasteiger partial charge in [0, 0.05) is 45.4 Å². The molecule has 1 N–H and O–H groups in total. The van der Waals surface area contributed by atoms with Crippen molar-refractivity contribution in [1.29, 1.82) is 0 Å². The van der Waals surface area contributed by atoms with Crippen LogP contribution in [-0.4, -0.2) is 15.7 Å². The summed E-state index contributed by atoms with van der Waals surface area (Å²) in [5.74, 6) is 2.50. The van der Waals surface area contributed by atoms with Crippen LogP contribution in [0.2, 0.25) is 0 Å². The highest BCUT2D eigenvalue weighted by molar-refractivity contribution is 5.05. The lowest BCUT2D eigenvalue weighted by Gasteiger charge is -2.06. The Morgan fingerprint density at radius 3 is 2.75 bits per heavy atom. The van der Waals surface area contributed by atoms with Gasteiger partial charge in [0.25, 0.3) is 5.56 Å². The van der Waals surface area contributed by atoms with Gasteiger partial charge in [0.1, 0.15) is 0 Å². The molecule has 5 nitrogen and oxygen atoms in total. The molecular weight excluding hydrogens is 206 g/mol. The highest BCUT2D eigenvalue weighted by atomic mass is 16.2. The lowest BCUT2D eigenvalue weighted by Crippen LogP contribution is -2.39. The zero-order valence-electron chi connectivity index (χ0n) is 9.49. The molecule has 0 saturated heterocycles. The van der Waals surface area contributed by atoms with E-state index in [0.717, 1.165) is 4.57 Å². The van der Waals surface area contributed by atoms with Gasteiger partial charge in [0.2, 0.25) is 0 Å². The molecule has 0 aliphatic carbocycles. The van der Waals surface area contributed by atoms with Crippen molar-refractivity contribution in [1.82, 2.24) is 14.5 Å². The number of aromatic nitrogens is 2. The van der Waals surface area contributed by atoms with Crippen molar-refractivity contribution in [2.24, 2.45) is 14.1 Å². The summed E-state index contributed by atoms with van der Waals surface area (Å²) >= 11 is 0. The highest BCUT2D eigenvalue weighted by Crippen LogP contribution is 1.87. The predicted molar refractivity (Wildman–Crippen MR) is 62.1 cm³/mol. The van der Waals surface area contributed by atoms with Gasteiger partial charge < -0.3 is 9.88 Å². The van der Waals surface area contributed by atoms with Gasteiger partial charge in [-0.3, -0.25) is 9.36 Å². The molecule has 0 bridgehead atoms. The van der Waals surface area contributed by atoms with Gasteiger partial charge in [0.15, 0.2) is 0 Å². The fraction of sp³-hybridized carbons (Fsp3) is 0.455. The summed E-state index contributed by atoms with van der Waals surface area (Å²) in [6, 6.07) is 0. The maximum atomic E-state index is 11.7. The first-order chi connectivity index (χ1) is 7.57. The molecule has 86 valence electrons. The first-order valence-corrected chi connectivity index (χ1v) is 4.97. The van der Waals surface area contributed by atoms with Gasteiger partial charge in [-0.25, -0.2) is 4.79 Å². The summed E-state index contributed by atoms with van der Waals surface area (Å²) in [6.45, 7) is 1.07. The third-order valence-electron chi connectivity index (χ3n) is 2.28. The summed E-state index contributed by atoms with van der Waals surface area (Å²) in [7, 11) is 3.09. The molecule has 0 aromatic carbocycles. The molecule has 1 rings (SSSR count). The van der Waals surface area contributed by atoms with E-state index in [4.69, 9.17) is 6.42 Å². The Morgan fingerprint density at radius 2 is 2.12 bits per heavy atom. The minimum atomic E-state index is -0.322. The van der Waals surface area contributed by atoms with E-state index in [1.807, 2.05) is 0 Å². The molecule has 0 saturated carbocycles. The van der Waals surface area contributed by atoms with E-state index in [1.165, 1.54) is 11.6 Å². The molecule has 0 atom stereocenters. The molecular formula is C11H15N3O2. The number of rotatable bonds is 4. The van der Waals surface area contributed by atoms with Gasteiger partial charge in [-0.2, -0.15) is 0 Å². The summed E-state index contributed by atoms with van der Waals surface area (Å²) in [5.41, 5.74) is -0.0321. The van der Waals surface area contributed by atoms with Crippen LogP contribution in [0.15, 0.2) is 15.8 Å². The molecule has 0 spiro atoms. The first-order valence-electron chi connectivity index (χ1n) is 4.97. The number of nitrogens with zero attached hydrogens (tertiary/aromatic N) is 2. The molecule has 1 aromatic rings. The number of hydrogen-bond donors (Lipinski definition) is 1. The smallest absolute Gasteiger partial charge is 0.311 e. The number of nitrogens with one attached hydrogen (secondary N) is 1. The molecule has 0 amide bonds. The lowest BCUT2D eigenvalue weighted by atomic mass is 10.3. The summed E-state index contributed by atoms with van der Waals surface area (Å²) in [6.07, 6.45) is 7.27. The topological polar surface area (TPSA) is 56.0 Å². The average molecular weight is 221 g/mol. The average Bonchev–Trinajstić information content (AvgIpc) is 2.28. The third kappa shape index (κ3) is 2.61. The van der Waals surface area contributed by atoms with Gasteiger partial charge in [-0.05, 0) is 0 Å². The quantitative estimate of drug-likeness (QED) is 0.535. The van der Waals surface area contributed by atoms with Gasteiger partial charge in [-0.15, -0.1) is 12.3 Å². The van der Waals surface area contributed by atoms with Crippen molar-refractivity contribution < 1.29 is 0 Å². The van der Waals surface area contributed by atoms with Crippen LogP contribution in [0.4, 0.5) is 0 Å². The van der Waals surface area contributed by atoms with E-state index >= 15 is 0 Å². The Kier molecular flexibility index (Phi) is 4.09. The van der Waals surface area contributed by atoms with Crippen molar-refractivity contribution in [2.45, 2.75) is 13.0 Å². The minimum absolute atomic E-state index is 0.267. The van der Waals surface area contributed by atoms with Crippen molar-refractivity contribution >= 4 is 0 Å². The SMILES string of the molecule is C#CCCNCc1cn(C)c(=O)n(C)c1=O. The van der Waals surface area contributed by atoms with Crippen LogP contribution in [0.1, 0.15) is 12.0 Å². The normalized spacial score (nSPS) is 10.1. The van der Waals surface area contributed by atoms with E-state index in [-0.39, 0.29) is 11.2 Å². The molecule has 1 aromatic heterocycles. The highest BCUT2D eigenvalue weighted by Gasteiger charge is 2.05. The van der Waals surface area contributed by atoms with Crippen molar-refractivity contribution in [3.8, 4) is 12.3 Å². The van der Waals surface area contributed by atoms with Gasteiger partial charge in [-0.1, -0.05) is 0 Å². The maximum Gasteiger partial charge on any atom is 0.330 e. The number of terminal acetylenes is 1. The van der Waals surface area contributed by atoms with E-state index in [0.29, 0.717) is 25.1 Å². The van der Waals surface area contributed by atoms with Crippen LogP contribution in [0, 0.1) is 12.3 Å². The molecule has 0 aliphatic heterocycles. The van der Waals surface area contributed by atoms with Crippen LogP contribution >= 0.6 is 0 Å². The Morgan fingerprint density at radius 1 is 1.44 bits per heavy atom. The van der Waals surface area contributed by atoms with Crippen LogP contribution in [0.3, 0.4) is 0 Å². The van der Waals surface area contributed by atoms with Crippen LogP contribution < -0.4 is 16.6 Å². The fourth-order valence-electron chi connectivity index (χ4n) is 1.39. The molecule has 5 heteroatoms. The zero-order valence-corrected chi connectivity index (χ0v) is 9.49. The summed E-state index contributed by atoms with van der Waals surface area (Å²) in [5, 5.41) is 3.05. The zero-order chi connectivity index (χ0) is 12.1. The Balaban J connectivity index is 2.87. The Labute approximate surface area is 93.7 Å². The first kappa shape index (κ1) is 12.3. The summed E-state index contributed by atoms with van der Waals surface area (Å²) < 4.78 is 2.48. The second-order valence-electron chi connectivity index (χ2n) is 3.54. The standard InChI is InChI=1S/C11H15N3O2/c1-4-5-6-12-7-9-8-13(2)11(16)14(3)10(9)15/h1,8,12H,5-7H2,2-3H3. The molecule has 0 aliphatic rings.